The minimum atomic E-state index is 0. The van der Waals surface area contributed by atoms with E-state index >= 15 is 0 Å². The second kappa shape index (κ2) is 12.1. The van der Waals surface area contributed by atoms with Gasteiger partial charge < -0.3 is 19.9 Å². The topological polar surface area (TPSA) is 63.5 Å². The van der Waals surface area contributed by atoms with Crippen molar-refractivity contribution >= 4 is 41.0 Å². The molecule has 140 valence electrons. The van der Waals surface area contributed by atoms with E-state index in [4.69, 9.17) is 4.74 Å². The van der Waals surface area contributed by atoms with Crippen molar-refractivity contribution in [1.29, 1.82) is 0 Å². The lowest BCUT2D eigenvalue weighted by atomic mass is 10.3. The van der Waals surface area contributed by atoms with Crippen molar-refractivity contribution in [2.45, 2.75) is 32.7 Å². The summed E-state index contributed by atoms with van der Waals surface area (Å²) in [5.41, 5.74) is 2.16. The van der Waals surface area contributed by atoms with E-state index in [1.807, 2.05) is 25.2 Å². The molecule has 0 unspecified atom stereocenters. The zero-order valence-electron chi connectivity index (χ0n) is 15.4. The predicted molar refractivity (Wildman–Crippen MR) is 115 cm³/mol. The van der Waals surface area contributed by atoms with Crippen LogP contribution in [0.3, 0.4) is 0 Å². The average Bonchev–Trinajstić information content (AvgIpc) is 2.93. The number of rotatable bonds is 9. The Kier molecular flexibility index (Phi) is 10.5. The van der Waals surface area contributed by atoms with Crippen LogP contribution in [0.2, 0.25) is 0 Å². The molecule has 0 fully saturated rings. The van der Waals surface area contributed by atoms with E-state index in [9.17, 15) is 0 Å². The number of guanidine groups is 1. The summed E-state index contributed by atoms with van der Waals surface area (Å²) < 4.78 is 7.66. The number of aliphatic imine (C=N–C) groups is 1. The second-order valence-corrected chi connectivity index (χ2v) is 5.75. The standard InChI is InChI=1S/C18H29N5O.HI/c1-4-5-12-24-13-8-11-20-18(19-2)21-14-17-22-15-9-6-7-10-16(15)23(17)3;/h6-7,9-10H,4-5,8,11-14H2,1-3H3,(H2,19,20,21);1H. The molecule has 0 aliphatic heterocycles. The molecule has 0 bridgehead atoms. The first kappa shape index (κ1) is 21.7. The van der Waals surface area contributed by atoms with Gasteiger partial charge in [0, 0.05) is 33.9 Å². The van der Waals surface area contributed by atoms with Crippen LogP contribution < -0.4 is 10.6 Å². The number of unbranched alkanes of at least 4 members (excludes halogenated alkanes) is 1. The Bertz CT molecular complexity index is 656. The lowest BCUT2D eigenvalue weighted by Crippen LogP contribution is -2.38. The Labute approximate surface area is 167 Å². The molecule has 2 rings (SSSR count). The Morgan fingerprint density at radius 3 is 2.68 bits per heavy atom. The predicted octanol–water partition coefficient (Wildman–Crippen LogP) is 3.06. The molecule has 2 N–H and O–H groups in total. The lowest BCUT2D eigenvalue weighted by Gasteiger charge is -2.12. The van der Waals surface area contributed by atoms with Crippen LogP contribution in [0.5, 0.6) is 0 Å². The molecular formula is C18H30IN5O. The van der Waals surface area contributed by atoms with Gasteiger partial charge in [-0.15, -0.1) is 24.0 Å². The number of benzene rings is 1. The van der Waals surface area contributed by atoms with Crippen LogP contribution in [-0.2, 0) is 18.3 Å². The fourth-order valence-electron chi connectivity index (χ4n) is 2.47. The van der Waals surface area contributed by atoms with Crippen molar-refractivity contribution in [3.05, 3.63) is 30.1 Å². The van der Waals surface area contributed by atoms with Crippen molar-refractivity contribution in [2.75, 3.05) is 26.8 Å². The van der Waals surface area contributed by atoms with Crippen molar-refractivity contribution < 1.29 is 4.74 Å². The van der Waals surface area contributed by atoms with Gasteiger partial charge in [0.2, 0.25) is 0 Å². The third-order valence-electron chi connectivity index (χ3n) is 3.92. The molecule has 6 nitrogen and oxygen atoms in total. The van der Waals surface area contributed by atoms with E-state index in [0.29, 0.717) is 6.54 Å². The quantitative estimate of drug-likeness (QED) is 0.262. The summed E-state index contributed by atoms with van der Waals surface area (Å²) >= 11 is 0. The molecule has 1 heterocycles. The maximum atomic E-state index is 5.55. The summed E-state index contributed by atoms with van der Waals surface area (Å²) in [7, 11) is 3.82. The number of imidazole rings is 1. The van der Waals surface area contributed by atoms with E-state index in [1.54, 1.807) is 7.05 Å². The van der Waals surface area contributed by atoms with E-state index in [1.165, 1.54) is 6.42 Å². The largest absolute Gasteiger partial charge is 0.381 e. The molecule has 7 heteroatoms. The van der Waals surface area contributed by atoms with Crippen molar-refractivity contribution in [3.63, 3.8) is 0 Å². The zero-order valence-corrected chi connectivity index (χ0v) is 17.7. The van der Waals surface area contributed by atoms with Crippen molar-refractivity contribution in [3.8, 4) is 0 Å². The van der Waals surface area contributed by atoms with Crippen molar-refractivity contribution in [1.82, 2.24) is 20.2 Å². The summed E-state index contributed by atoms with van der Waals surface area (Å²) in [6, 6.07) is 8.15. The van der Waals surface area contributed by atoms with E-state index < -0.39 is 0 Å². The molecule has 25 heavy (non-hydrogen) atoms. The smallest absolute Gasteiger partial charge is 0.191 e. The molecule has 0 saturated carbocycles. The highest BCUT2D eigenvalue weighted by Gasteiger charge is 2.07. The minimum Gasteiger partial charge on any atom is -0.381 e. The summed E-state index contributed by atoms with van der Waals surface area (Å²) in [5, 5.41) is 6.62. The van der Waals surface area contributed by atoms with Crippen LogP contribution in [0.1, 0.15) is 32.0 Å². The van der Waals surface area contributed by atoms with Gasteiger partial charge >= 0.3 is 0 Å². The van der Waals surface area contributed by atoms with E-state index in [-0.39, 0.29) is 24.0 Å². The molecular weight excluding hydrogens is 429 g/mol. The molecule has 0 aliphatic carbocycles. The third-order valence-corrected chi connectivity index (χ3v) is 3.92. The summed E-state index contributed by atoms with van der Waals surface area (Å²) in [6.45, 7) is 5.29. The number of nitrogens with one attached hydrogen (secondary N) is 2. The number of aryl methyl sites for hydroxylation is 1. The highest BCUT2D eigenvalue weighted by molar-refractivity contribution is 14.0. The number of para-hydroxylation sites is 2. The first-order valence-corrected chi connectivity index (χ1v) is 8.68. The van der Waals surface area contributed by atoms with Crippen LogP contribution in [-0.4, -0.2) is 42.3 Å². The Balaban J connectivity index is 0.00000312. The Hall–Kier alpha value is -1.35. The molecule has 0 radical (unpaired) electrons. The van der Waals surface area contributed by atoms with Crippen LogP contribution in [0, 0.1) is 0 Å². The minimum absolute atomic E-state index is 0. The van der Waals surface area contributed by atoms with Gasteiger partial charge in [0.05, 0.1) is 17.6 Å². The first-order valence-electron chi connectivity index (χ1n) is 8.68. The molecule has 0 spiro atoms. The van der Waals surface area contributed by atoms with Gasteiger partial charge in [0.1, 0.15) is 5.82 Å². The maximum absolute atomic E-state index is 5.55. The molecule has 0 amide bonds. The van der Waals surface area contributed by atoms with Crippen molar-refractivity contribution in [2.24, 2.45) is 12.0 Å². The molecule has 1 aromatic carbocycles. The number of halogens is 1. The van der Waals surface area contributed by atoms with E-state index in [0.717, 1.165) is 55.4 Å². The number of fused-ring (bicyclic) bond motifs is 1. The van der Waals surface area contributed by atoms with Crippen LogP contribution in [0.25, 0.3) is 11.0 Å². The number of ether oxygens (including phenoxy) is 1. The third kappa shape index (κ3) is 6.81. The first-order chi connectivity index (χ1) is 11.8. The zero-order chi connectivity index (χ0) is 17.2. The van der Waals surface area contributed by atoms with Gasteiger partial charge in [-0.1, -0.05) is 25.5 Å². The van der Waals surface area contributed by atoms with Gasteiger partial charge in [-0.2, -0.15) is 0 Å². The average molecular weight is 459 g/mol. The Morgan fingerprint density at radius 2 is 1.96 bits per heavy atom. The van der Waals surface area contributed by atoms with Crippen LogP contribution in [0.4, 0.5) is 0 Å². The van der Waals surface area contributed by atoms with Gasteiger partial charge in [-0.25, -0.2) is 4.98 Å². The van der Waals surface area contributed by atoms with Gasteiger partial charge in [-0.05, 0) is 25.0 Å². The Morgan fingerprint density at radius 1 is 1.20 bits per heavy atom. The van der Waals surface area contributed by atoms with Gasteiger partial charge in [0.25, 0.3) is 0 Å². The monoisotopic (exact) mass is 459 g/mol. The second-order valence-electron chi connectivity index (χ2n) is 5.75. The highest BCUT2D eigenvalue weighted by atomic mass is 127. The molecule has 0 atom stereocenters. The maximum Gasteiger partial charge on any atom is 0.191 e. The van der Waals surface area contributed by atoms with Gasteiger partial charge in [-0.3, -0.25) is 4.99 Å². The van der Waals surface area contributed by atoms with Crippen LogP contribution in [0.15, 0.2) is 29.3 Å². The molecule has 2 aromatic rings. The molecule has 0 aliphatic rings. The SMILES string of the molecule is CCCCOCCCNC(=NC)NCc1nc2ccccc2n1C.I. The molecule has 1 aromatic heterocycles. The summed E-state index contributed by atoms with van der Waals surface area (Å²) in [4.78, 5) is 8.90. The normalized spacial score (nSPS) is 11.4. The number of hydrogen-bond acceptors (Lipinski definition) is 3. The van der Waals surface area contributed by atoms with Crippen LogP contribution >= 0.6 is 24.0 Å². The number of hydrogen-bond donors (Lipinski definition) is 2. The summed E-state index contributed by atoms with van der Waals surface area (Å²) in [5.74, 6) is 1.78. The lowest BCUT2D eigenvalue weighted by molar-refractivity contribution is 0.129. The highest BCUT2D eigenvalue weighted by Crippen LogP contribution is 2.13. The fourth-order valence-corrected chi connectivity index (χ4v) is 2.47. The molecule has 0 saturated heterocycles. The number of nitrogens with zero attached hydrogens (tertiary/aromatic N) is 3. The number of aromatic nitrogens is 2. The summed E-state index contributed by atoms with van der Waals surface area (Å²) in [6.07, 6.45) is 3.28. The van der Waals surface area contributed by atoms with E-state index in [2.05, 4.69) is 38.2 Å². The fraction of sp³-hybridized carbons (Fsp3) is 0.556. The van der Waals surface area contributed by atoms with Gasteiger partial charge in [0.15, 0.2) is 5.96 Å².